The molecule has 2 saturated heterocycles. The molecule has 0 aromatic rings. The van der Waals surface area contributed by atoms with Crippen LogP contribution in [0.4, 0.5) is 0 Å². The zero-order chi connectivity index (χ0) is 10.2. The summed E-state index contributed by atoms with van der Waals surface area (Å²) in [5.74, 6) is -0.317. The van der Waals surface area contributed by atoms with Gasteiger partial charge in [0.2, 0.25) is 11.8 Å². The first kappa shape index (κ1) is 9.65. The molecule has 0 aromatic carbocycles. The summed E-state index contributed by atoms with van der Waals surface area (Å²) < 4.78 is 5.33. The topological polar surface area (TPSA) is 55.4 Å². The summed E-state index contributed by atoms with van der Waals surface area (Å²) in [7, 11) is 0. The van der Waals surface area contributed by atoms with Crippen molar-refractivity contribution in [2.75, 3.05) is 13.2 Å². The average Bonchev–Trinajstić information content (AvgIpc) is 2.53. The molecule has 0 aromatic heterocycles. The van der Waals surface area contributed by atoms with Crippen LogP contribution in [0.5, 0.6) is 0 Å². The molecule has 2 amide bonds. The van der Waals surface area contributed by atoms with Crippen molar-refractivity contribution >= 4 is 11.8 Å². The van der Waals surface area contributed by atoms with E-state index in [0.717, 1.165) is 12.8 Å². The minimum absolute atomic E-state index is 0.0531. The van der Waals surface area contributed by atoms with Gasteiger partial charge >= 0.3 is 0 Å². The van der Waals surface area contributed by atoms with E-state index < -0.39 is 0 Å². The highest BCUT2D eigenvalue weighted by Gasteiger charge is 2.49. The number of ether oxygens (including phenoxy) is 1. The SMILES string of the molecule is CCC1C(=O)NC(=O)CC12CCOC2. The lowest BCUT2D eigenvalue weighted by Crippen LogP contribution is -2.52. The van der Waals surface area contributed by atoms with Crippen LogP contribution in [-0.2, 0) is 14.3 Å². The highest BCUT2D eigenvalue weighted by molar-refractivity contribution is 5.99. The van der Waals surface area contributed by atoms with E-state index in [1.807, 2.05) is 6.92 Å². The Hall–Kier alpha value is -0.900. The Morgan fingerprint density at radius 2 is 2.36 bits per heavy atom. The van der Waals surface area contributed by atoms with Crippen LogP contribution in [0.15, 0.2) is 0 Å². The summed E-state index contributed by atoms with van der Waals surface area (Å²) in [6, 6.07) is 0. The van der Waals surface area contributed by atoms with E-state index in [1.165, 1.54) is 0 Å². The molecule has 1 N–H and O–H groups in total. The first-order valence-electron chi connectivity index (χ1n) is 5.09. The second-order valence-corrected chi connectivity index (χ2v) is 4.21. The van der Waals surface area contributed by atoms with E-state index in [4.69, 9.17) is 4.74 Å². The molecule has 0 saturated carbocycles. The third-order valence-electron chi connectivity index (χ3n) is 3.37. The quantitative estimate of drug-likeness (QED) is 0.621. The summed E-state index contributed by atoms with van der Waals surface area (Å²) in [5.41, 5.74) is -0.200. The molecule has 0 radical (unpaired) electrons. The normalized spacial score (nSPS) is 37.6. The van der Waals surface area contributed by atoms with Crippen LogP contribution in [-0.4, -0.2) is 25.0 Å². The molecule has 4 nitrogen and oxygen atoms in total. The molecule has 0 bridgehead atoms. The number of carbonyl (C=O) groups is 2. The fourth-order valence-electron chi connectivity index (χ4n) is 2.65. The van der Waals surface area contributed by atoms with Gasteiger partial charge in [-0.2, -0.15) is 0 Å². The maximum Gasteiger partial charge on any atom is 0.230 e. The van der Waals surface area contributed by atoms with Crippen molar-refractivity contribution in [2.24, 2.45) is 11.3 Å². The highest BCUT2D eigenvalue weighted by Crippen LogP contribution is 2.43. The zero-order valence-electron chi connectivity index (χ0n) is 8.34. The van der Waals surface area contributed by atoms with Crippen molar-refractivity contribution in [2.45, 2.75) is 26.2 Å². The Kier molecular flexibility index (Phi) is 2.31. The largest absolute Gasteiger partial charge is 0.381 e. The lowest BCUT2D eigenvalue weighted by Gasteiger charge is -2.37. The summed E-state index contributed by atoms with van der Waals surface area (Å²) in [5, 5.41) is 2.40. The second kappa shape index (κ2) is 3.35. The van der Waals surface area contributed by atoms with Gasteiger partial charge in [-0.05, 0) is 12.8 Å². The molecular weight excluding hydrogens is 182 g/mol. The summed E-state index contributed by atoms with van der Waals surface area (Å²) >= 11 is 0. The number of amides is 2. The van der Waals surface area contributed by atoms with Crippen molar-refractivity contribution in [3.63, 3.8) is 0 Å². The molecule has 2 unspecified atom stereocenters. The molecule has 2 heterocycles. The van der Waals surface area contributed by atoms with E-state index in [-0.39, 0.29) is 23.1 Å². The van der Waals surface area contributed by atoms with Gasteiger partial charge < -0.3 is 4.74 Å². The van der Waals surface area contributed by atoms with E-state index in [2.05, 4.69) is 5.32 Å². The first-order chi connectivity index (χ1) is 6.68. The van der Waals surface area contributed by atoms with Crippen LogP contribution >= 0.6 is 0 Å². The third-order valence-corrected chi connectivity index (χ3v) is 3.37. The number of nitrogens with one attached hydrogen (secondary N) is 1. The van der Waals surface area contributed by atoms with Crippen LogP contribution in [0, 0.1) is 11.3 Å². The Bertz CT molecular complexity index is 269. The first-order valence-corrected chi connectivity index (χ1v) is 5.09. The van der Waals surface area contributed by atoms with Gasteiger partial charge in [-0.3, -0.25) is 14.9 Å². The molecule has 2 atom stereocenters. The van der Waals surface area contributed by atoms with Gasteiger partial charge in [-0.1, -0.05) is 6.92 Å². The molecule has 2 aliphatic rings. The van der Waals surface area contributed by atoms with Gasteiger partial charge in [0.25, 0.3) is 0 Å². The van der Waals surface area contributed by atoms with Gasteiger partial charge in [0.05, 0.1) is 6.61 Å². The van der Waals surface area contributed by atoms with Gasteiger partial charge in [0.1, 0.15) is 0 Å². The number of rotatable bonds is 1. The molecule has 2 aliphatic heterocycles. The number of hydrogen-bond acceptors (Lipinski definition) is 3. The summed E-state index contributed by atoms with van der Waals surface area (Å²) in [6.45, 7) is 3.22. The van der Waals surface area contributed by atoms with Crippen molar-refractivity contribution in [1.29, 1.82) is 0 Å². The molecule has 1 spiro atoms. The van der Waals surface area contributed by atoms with Crippen LogP contribution in [0.25, 0.3) is 0 Å². The van der Waals surface area contributed by atoms with E-state index in [1.54, 1.807) is 0 Å². The number of piperidine rings is 1. The Morgan fingerprint density at radius 1 is 1.57 bits per heavy atom. The minimum Gasteiger partial charge on any atom is -0.381 e. The van der Waals surface area contributed by atoms with E-state index in [9.17, 15) is 9.59 Å². The fraction of sp³-hybridized carbons (Fsp3) is 0.800. The number of hydrogen-bond donors (Lipinski definition) is 1. The minimum atomic E-state index is -0.200. The van der Waals surface area contributed by atoms with Gasteiger partial charge in [-0.25, -0.2) is 0 Å². The van der Waals surface area contributed by atoms with Crippen LogP contribution in [0.1, 0.15) is 26.2 Å². The van der Waals surface area contributed by atoms with Gasteiger partial charge in [-0.15, -0.1) is 0 Å². The third kappa shape index (κ3) is 1.34. The molecular formula is C10H15NO3. The number of imide groups is 1. The second-order valence-electron chi connectivity index (χ2n) is 4.21. The number of carbonyl (C=O) groups excluding carboxylic acids is 2. The lowest BCUT2D eigenvalue weighted by molar-refractivity contribution is -0.144. The summed E-state index contributed by atoms with van der Waals surface area (Å²) in [4.78, 5) is 22.9. The van der Waals surface area contributed by atoms with Crippen molar-refractivity contribution in [3.8, 4) is 0 Å². The Morgan fingerprint density at radius 3 is 2.93 bits per heavy atom. The zero-order valence-corrected chi connectivity index (χ0v) is 8.34. The van der Waals surface area contributed by atoms with Gasteiger partial charge in [0.15, 0.2) is 0 Å². The van der Waals surface area contributed by atoms with E-state index in [0.29, 0.717) is 19.6 Å². The van der Waals surface area contributed by atoms with Crippen molar-refractivity contribution in [1.82, 2.24) is 5.32 Å². The Labute approximate surface area is 83.0 Å². The highest BCUT2D eigenvalue weighted by atomic mass is 16.5. The fourth-order valence-corrected chi connectivity index (χ4v) is 2.65. The average molecular weight is 197 g/mol. The predicted octanol–water partition coefficient (Wildman–Crippen LogP) is 0.466. The molecule has 2 fully saturated rings. The van der Waals surface area contributed by atoms with Crippen LogP contribution < -0.4 is 5.32 Å². The van der Waals surface area contributed by atoms with Crippen molar-refractivity contribution in [3.05, 3.63) is 0 Å². The van der Waals surface area contributed by atoms with Crippen LogP contribution in [0.3, 0.4) is 0 Å². The predicted molar refractivity (Wildman–Crippen MR) is 49.4 cm³/mol. The Balaban J connectivity index is 2.26. The van der Waals surface area contributed by atoms with Crippen LogP contribution in [0.2, 0.25) is 0 Å². The molecule has 2 rings (SSSR count). The standard InChI is InChI=1S/C10H15NO3/c1-2-7-9(13)11-8(12)5-10(7)3-4-14-6-10/h7H,2-6H2,1H3,(H,11,12,13). The molecule has 78 valence electrons. The molecule has 14 heavy (non-hydrogen) atoms. The summed E-state index contributed by atoms with van der Waals surface area (Å²) in [6.07, 6.45) is 2.06. The lowest BCUT2D eigenvalue weighted by atomic mass is 9.68. The molecule has 0 aliphatic carbocycles. The molecule has 4 heteroatoms. The maximum absolute atomic E-state index is 11.6. The van der Waals surface area contributed by atoms with Gasteiger partial charge in [0, 0.05) is 24.4 Å². The van der Waals surface area contributed by atoms with E-state index >= 15 is 0 Å². The monoisotopic (exact) mass is 197 g/mol. The van der Waals surface area contributed by atoms with Crippen molar-refractivity contribution < 1.29 is 14.3 Å². The maximum atomic E-state index is 11.6. The smallest absolute Gasteiger partial charge is 0.230 e.